The third-order valence-electron chi connectivity index (χ3n) is 6.80. The average molecular weight is 530 g/mol. The molecule has 0 spiro atoms. The Balaban J connectivity index is 1.72. The van der Waals surface area contributed by atoms with Gasteiger partial charge in [0.2, 0.25) is 21.8 Å². The maximum absolute atomic E-state index is 13.5. The zero-order chi connectivity index (χ0) is 26.8. The van der Waals surface area contributed by atoms with Crippen molar-refractivity contribution in [3.63, 3.8) is 0 Å². The van der Waals surface area contributed by atoms with Crippen LogP contribution in [0.4, 0.5) is 5.69 Å². The molecule has 0 saturated heterocycles. The van der Waals surface area contributed by atoms with Crippen molar-refractivity contribution in [1.82, 2.24) is 10.2 Å². The molecule has 1 aliphatic rings. The first kappa shape index (κ1) is 28.5. The second-order valence-electron chi connectivity index (χ2n) is 9.67. The van der Waals surface area contributed by atoms with Crippen molar-refractivity contribution in [3.8, 4) is 5.75 Å². The van der Waals surface area contributed by atoms with E-state index < -0.39 is 16.1 Å². The number of anilines is 1. The summed E-state index contributed by atoms with van der Waals surface area (Å²) in [6.07, 6.45) is 6.92. The van der Waals surface area contributed by atoms with Gasteiger partial charge >= 0.3 is 0 Å². The van der Waals surface area contributed by atoms with Crippen molar-refractivity contribution in [1.29, 1.82) is 0 Å². The van der Waals surface area contributed by atoms with Crippen molar-refractivity contribution in [2.45, 2.75) is 70.5 Å². The molecule has 1 aliphatic carbocycles. The molecule has 1 atom stereocenters. The first-order valence-corrected chi connectivity index (χ1v) is 14.8. The van der Waals surface area contributed by atoms with Gasteiger partial charge in [-0.2, -0.15) is 0 Å². The smallest absolute Gasteiger partial charge is 0.242 e. The van der Waals surface area contributed by atoms with Crippen molar-refractivity contribution in [3.05, 3.63) is 60.2 Å². The highest BCUT2D eigenvalue weighted by atomic mass is 32.2. The van der Waals surface area contributed by atoms with Crippen LogP contribution in [0.3, 0.4) is 0 Å². The molecule has 1 fully saturated rings. The van der Waals surface area contributed by atoms with Gasteiger partial charge in [-0.25, -0.2) is 8.42 Å². The molecule has 2 aromatic rings. The summed E-state index contributed by atoms with van der Waals surface area (Å²) in [6.45, 7) is 2.18. The number of amides is 2. The van der Waals surface area contributed by atoms with Crippen molar-refractivity contribution < 1.29 is 22.7 Å². The average Bonchev–Trinajstić information content (AvgIpc) is 2.89. The molecule has 0 heterocycles. The van der Waals surface area contributed by atoms with E-state index >= 15 is 0 Å². The number of nitrogens with one attached hydrogen (secondary N) is 1. The molecule has 2 aromatic carbocycles. The normalized spacial score (nSPS) is 15.0. The fourth-order valence-corrected chi connectivity index (χ4v) is 5.68. The van der Waals surface area contributed by atoms with Gasteiger partial charge in [-0.05, 0) is 56.0 Å². The predicted molar refractivity (Wildman–Crippen MR) is 146 cm³/mol. The van der Waals surface area contributed by atoms with Crippen LogP contribution < -0.4 is 14.4 Å². The van der Waals surface area contributed by atoms with Gasteiger partial charge < -0.3 is 15.0 Å². The number of nitrogens with zero attached hydrogens (tertiary/aromatic N) is 2. The van der Waals surface area contributed by atoms with Gasteiger partial charge in [0.05, 0.1) is 19.1 Å². The van der Waals surface area contributed by atoms with Crippen molar-refractivity contribution in [2.75, 3.05) is 24.2 Å². The van der Waals surface area contributed by atoms with Gasteiger partial charge in [-0.3, -0.25) is 13.9 Å². The van der Waals surface area contributed by atoms with Gasteiger partial charge in [0.15, 0.2) is 0 Å². The summed E-state index contributed by atoms with van der Waals surface area (Å²) in [7, 11) is -1.92. The molecular formula is C28H39N3O5S. The summed E-state index contributed by atoms with van der Waals surface area (Å²) >= 11 is 0. The number of ether oxygens (including phenoxy) is 1. The Morgan fingerprint density at radius 1 is 1.05 bits per heavy atom. The van der Waals surface area contributed by atoms with Crippen LogP contribution >= 0.6 is 0 Å². The van der Waals surface area contributed by atoms with E-state index in [4.69, 9.17) is 4.74 Å². The van der Waals surface area contributed by atoms with E-state index in [1.165, 1.54) is 10.7 Å². The number of carbonyl (C=O) groups excluding carboxylic acids is 2. The molecule has 2 amide bonds. The SMILES string of the molecule is COc1cccc(CN(C(=O)CCCN(c2ccccc2)S(C)(=O)=O)[C@@H](C)C(=O)NC2CCCCC2)c1. The minimum absolute atomic E-state index is 0.115. The number of para-hydroxylation sites is 1. The molecule has 0 bridgehead atoms. The van der Waals surface area contributed by atoms with E-state index in [0.717, 1.165) is 37.5 Å². The van der Waals surface area contributed by atoms with Crippen molar-refractivity contribution >= 4 is 27.5 Å². The van der Waals surface area contributed by atoms with Gasteiger partial charge in [-0.15, -0.1) is 0 Å². The molecule has 3 rings (SSSR count). The van der Waals surface area contributed by atoms with Crippen LogP contribution in [0.1, 0.15) is 57.4 Å². The first-order chi connectivity index (χ1) is 17.7. The Labute approximate surface area is 221 Å². The van der Waals surface area contributed by atoms with Crippen LogP contribution in [0.25, 0.3) is 0 Å². The number of carbonyl (C=O) groups is 2. The summed E-state index contributed by atoms with van der Waals surface area (Å²) in [5.41, 5.74) is 1.41. The van der Waals surface area contributed by atoms with Crippen LogP contribution in [0.5, 0.6) is 5.75 Å². The van der Waals surface area contributed by atoms with Gasteiger partial charge in [0.1, 0.15) is 11.8 Å². The molecule has 1 N–H and O–H groups in total. The zero-order valence-electron chi connectivity index (χ0n) is 22.1. The molecule has 0 unspecified atom stereocenters. The molecule has 0 radical (unpaired) electrons. The maximum Gasteiger partial charge on any atom is 0.242 e. The van der Waals surface area contributed by atoms with Gasteiger partial charge in [0, 0.05) is 25.6 Å². The maximum atomic E-state index is 13.5. The van der Waals surface area contributed by atoms with Gasteiger partial charge in [0.25, 0.3) is 0 Å². The summed E-state index contributed by atoms with van der Waals surface area (Å²) in [6, 6.07) is 15.8. The Bertz CT molecular complexity index is 1130. The minimum atomic E-state index is -3.51. The molecule has 37 heavy (non-hydrogen) atoms. The lowest BCUT2D eigenvalue weighted by molar-refractivity contribution is -0.141. The third-order valence-corrected chi connectivity index (χ3v) is 8.00. The Hall–Kier alpha value is -3.07. The highest BCUT2D eigenvalue weighted by Crippen LogP contribution is 2.21. The highest BCUT2D eigenvalue weighted by Gasteiger charge is 2.28. The third kappa shape index (κ3) is 8.49. The fraction of sp³-hybridized carbons (Fsp3) is 0.500. The van der Waals surface area contributed by atoms with E-state index in [0.29, 0.717) is 17.9 Å². The second-order valence-corrected chi connectivity index (χ2v) is 11.6. The standard InChI is InChI=1S/C28H39N3O5S/c1-22(28(33)29-24-13-6-4-7-14-24)30(21-23-12-10-17-26(20-23)36-2)27(32)18-11-19-31(37(3,34)35)25-15-8-5-9-16-25/h5,8-10,12,15-17,20,22,24H,4,6-7,11,13-14,18-19,21H2,1-3H3,(H,29,33)/t22-/m0/s1. The largest absolute Gasteiger partial charge is 0.497 e. The number of rotatable bonds is 12. The number of methoxy groups -OCH3 is 1. The van der Waals surface area contributed by atoms with Crippen LogP contribution in [-0.4, -0.2) is 57.1 Å². The molecule has 202 valence electrons. The van der Waals surface area contributed by atoms with Crippen LogP contribution in [0.2, 0.25) is 0 Å². The van der Waals surface area contributed by atoms with E-state index in [-0.39, 0.29) is 37.4 Å². The summed E-state index contributed by atoms with van der Waals surface area (Å²) in [5, 5.41) is 3.13. The minimum Gasteiger partial charge on any atom is -0.497 e. The molecule has 0 aliphatic heterocycles. The van der Waals surface area contributed by atoms with Crippen LogP contribution in [0.15, 0.2) is 54.6 Å². The van der Waals surface area contributed by atoms with Crippen LogP contribution in [0, 0.1) is 0 Å². The number of hydrogen-bond donors (Lipinski definition) is 1. The number of benzene rings is 2. The molecule has 1 saturated carbocycles. The molecule has 9 heteroatoms. The van der Waals surface area contributed by atoms with E-state index in [1.54, 1.807) is 43.2 Å². The van der Waals surface area contributed by atoms with E-state index in [2.05, 4.69) is 5.32 Å². The Morgan fingerprint density at radius 2 is 1.76 bits per heavy atom. The lowest BCUT2D eigenvalue weighted by Gasteiger charge is -2.31. The summed E-state index contributed by atoms with van der Waals surface area (Å²) < 4.78 is 31.4. The fourth-order valence-electron chi connectivity index (χ4n) is 4.72. The summed E-state index contributed by atoms with van der Waals surface area (Å²) in [4.78, 5) is 28.2. The zero-order valence-corrected chi connectivity index (χ0v) is 22.9. The lowest BCUT2D eigenvalue weighted by atomic mass is 9.95. The predicted octanol–water partition coefficient (Wildman–Crippen LogP) is 4.11. The Morgan fingerprint density at radius 3 is 2.41 bits per heavy atom. The molecular weight excluding hydrogens is 490 g/mol. The highest BCUT2D eigenvalue weighted by molar-refractivity contribution is 7.92. The molecule has 0 aromatic heterocycles. The Kier molecular flexibility index (Phi) is 10.4. The quantitative estimate of drug-likeness (QED) is 0.447. The second kappa shape index (κ2) is 13.5. The first-order valence-electron chi connectivity index (χ1n) is 12.9. The van der Waals surface area contributed by atoms with Crippen LogP contribution in [-0.2, 0) is 26.2 Å². The van der Waals surface area contributed by atoms with E-state index in [9.17, 15) is 18.0 Å². The lowest BCUT2D eigenvalue weighted by Crippen LogP contribution is -2.50. The monoisotopic (exact) mass is 529 g/mol. The van der Waals surface area contributed by atoms with Crippen molar-refractivity contribution in [2.24, 2.45) is 0 Å². The van der Waals surface area contributed by atoms with E-state index in [1.807, 2.05) is 30.3 Å². The van der Waals surface area contributed by atoms with Gasteiger partial charge in [-0.1, -0.05) is 49.6 Å². The molecule has 8 nitrogen and oxygen atoms in total. The summed E-state index contributed by atoms with van der Waals surface area (Å²) in [5.74, 6) is 0.316. The number of sulfonamides is 1. The topological polar surface area (TPSA) is 96.0 Å². The number of hydrogen-bond acceptors (Lipinski definition) is 5.